The van der Waals surface area contributed by atoms with E-state index in [9.17, 15) is 32.4 Å². The number of hydrogen-bond acceptors (Lipinski definition) is 12. The zero-order valence-corrected chi connectivity index (χ0v) is 37.3. The highest BCUT2D eigenvalue weighted by atomic mass is 32.2. The van der Waals surface area contributed by atoms with Crippen LogP contribution < -0.4 is 20.7 Å². The van der Waals surface area contributed by atoms with E-state index < -0.39 is 80.4 Å². The Bertz CT molecular complexity index is 2150. The molecule has 2 aliphatic carbocycles. The summed E-state index contributed by atoms with van der Waals surface area (Å²) >= 11 is 1.53. The molecule has 4 heterocycles. The van der Waals surface area contributed by atoms with Gasteiger partial charge in [-0.25, -0.2) is 23.0 Å². The molecule has 332 valence electrons. The van der Waals surface area contributed by atoms with Crippen LogP contribution in [0.5, 0.6) is 0 Å². The van der Waals surface area contributed by atoms with Crippen LogP contribution in [0.3, 0.4) is 0 Å². The maximum atomic E-state index is 14.6. The molecule has 0 radical (unpaired) electrons. The highest BCUT2D eigenvalue weighted by molar-refractivity contribution is 7.91. The molecule has 18 heteroatoms. The van der Waals surface area contributed by atoms with E-state index >= 15 is 0 Å². The van der Waals surface area contributed by atoms with Gasteiger partial charge < -0.3 is 30.3 Å². The maximum Gasteiger partial charge on any atom is 0.410 e. The van der Waals surface area contributed by atoms with Gasteiger partial charge in [0.15, 0.2) is 5.13 Å². The summed E-state index contributed by atoms with van der Waals surface area (Å²) in [7, 11) is -3.93. The monoisotopic (exact) mass is 881 g/mol. The molecule has 61 heavy (non-hydrogen) atoms. The predicted molar refractivity (Wildman–Crippen MR) is 230 cm³/mol. The fourth-order valence-electron chi connectivity index (χ4n) is 8.27. The third-order valence-electron chi connectivity index (χ3n) is 11.7. The molecule has 1 aromatic carbocycles. The second-order valence-corrected chi connectivity index (χ2v) is 21.2. The van der Waals surface area contributed by atoms with Gasteiger partial charge in [0.05, 0.1) is 17.5 Å². The molecule has 0 bridgehead atoms. The van der Waals surface area contributed by atoms with Gasteiger partial charge >= 0.3 is 12.2 Å². The van der Waals surface area contributed by atoms with Crippen molar-refractivity contribution in [1.29, 1.82) is 0 Å². The van der Waals surface area contributed by atoms with Crippen molar-refractivity contribution in [2.45, 2.75) is 159 Å². The summed E-state index contributed by atoms with van der Waals surface area (Å²) in [5.41, 5.74) is 1.30. The van der Waals surface area contributed by atoms with Gasteiger partial charge in [-0.15, -0.1) is 11.3 Å². The zero-order chi connectivity index (χ0) is 43.7. The van der Waals surface area contributed by atoms with Gasteiger partial charge in [0.25, 0.3) is 5.91 Å². The Morgan fingerprint density at radius 3 is 2.49 bits per heavy atom. The molecular weight excluding hydrogens is 823 g/mol. The van der Waals surface area contributed by atoms with Crippen LogP contribution in [0, 0.1) is 5.92 Å². The molecule has 5 atom stereocenters. The smallest absolute Gasteiger partial charge is 0.410 e. The quantitative estimate of drug-likeness (QED) is 0.236. The minimum atomic E-state index is -3.93. The number of alkyl carbamates (subject to hydrolysis) is 1. The van der Waals surface area contributed by atoms with E-state index in [-0.39, 0.29) is 31.8 Å². The van der Waals surface area contributed by atoms with Gasteiger partial charge in [-0.2, -0.15) is 0 Å². The van der Waals surface area contributed by atoms with Crippen LogP contribution in [-0.2, 0) is 47.0 Å². The largest absolute Gasteiger partial charge is 0.444 e. The number of sulfonamides is 1. The van der Waals surface area contributed by atoms with Gasteiger partial charge in [-0.1, -0.05) is 50.0 Å². The molecule has 2 aromatic rings. The number of benzene rings is 1. The fourth-order valence-corrected chi connectivity index (χ4v) is 10.5. The summed E-state index contributed by atoms with van der Waals surface area (Å²) in [5, 5.41) is 11.1. The lowest BCUT2D eigenvalue weighted by Gasteiger charge is -2.30. The number of ether oxygens (including phenoxy) is 2. The van der Waals surface area contributed by atoms with Gasteiger partial charge in [-0.3, -0.25) is 24.0 Å². The lowest BCUT2D eigenvalue weighted by Crippen LogP contribution is -2.58. The van der Waals surface area contributed by atoms with E-state index in [1.165, 1.54) is 16.2 Å². The van der Waals surface area contributed by atoms with E-state index in [1.807, 2.05) is 35.7 Å². The van der Waals surface area contributed by atoms with Crippen molar-refractivity contribution in [1.82, 2.24) is 30.1 Å². The molecular formula is C43H59N7O9S2. The third kappa shape index (κ3) is 10.9. The molecule has 16 nitrogen and oxygen atoms in total. The molecule has 0 spiro atoms. The maximum absolute atomic E-state index is 14.6. The number of aromatic nitrogens is 1. The van der Waals surface area contributed by atoms with Gasteiger partial charge in [0, 0.05) is 42.4 Å². The minimum absolute atomic E-state index is 0.0808. The van der Waals surface area contributed by atoms with Crippen molar-refractivity contribution in [2.75, 3.05) is 11.9 Å². The van der Waals surface area contributed by atoms with Crippen molar-refractivity contribution in [3.8, 4) is 11.3 Å². The third-order valence-corrected chi connectivity index (χ3v) is 14.3. The van der Waals surface area contributed by atoms with Crippen molar-refractivity contribution in [3.05, 3.63) is 46.9 Å². The molecule has 3 aliphatic heterocycles. The Morgan fingerprint density at radius 2 is 1.75 bits per heavy atom. The molecule has 1 aromatic heterocycles. The Kier molecular flexibility index (Phi) is 13.0. The number of hydrogen-bond donors (Lipinski definition) is 4. The number of carbonyl (C=O) groups is 5. The summed E-state index contributed by atoms with van der Waals surface area (Å²) in [6.07, 6.45) is 7.75. The van der Waals surface area contributed by atoms with E-state index in [0.29, 0.717) is 32.4 Å². The highest BCUT2D eigenvalue weighted by Crippen LogP contribution is 2.46. The molecule has 2 saturated carbocycles. The number of thiazole rings is 1. The van der Waals surface area contributed by atoms with E-state index in [1.54, 1.807) is 25.7 Å². The number of nitrogens with zero attached hydrogens (tertiary/aromatic N) is 3. The SMILES string of the molecule is CC(C)Nc1nc(-c2ccc3c(c2)CN(C(=O)O[C@@H]2C[C@H]4C(=O)N[C@]5(C(=O)NS(=O)(=O)C6CC6)C[C@H]5C=CCCCCCCC[C@H](NC(=O)OC(C)(C)C)C(=O)N4C2)C3)cs1. The average molecular weight is 882 g/mol. The van der Waals surface area contributed by atoms with Crippen molar-refractivity contribution >= 4 is 56.4 Å². The van der Waals surface area contributed by atoms with Crippen LogP contribution in [0.15, 0.2) is 35.7 Å². The van der Waals surface area contributed by atoms with Gasteiger partial charge in [0.1, 0.15) is 29.3 Å². The molecule has 5 amide bonds. The Balaban J connectivity index is 1.11. The standard InChI is InChI=1S/C43H59N7O9S2/c1-26(2)44-39-45-34(25-60-39)27-15-16-28-22-49(23-29(28)19-27)41(55)58-31-20-35-36(51)47-43(38(53)48-61(56,57)32-17-18-32)21-30(43)13-11-9-7-6-8-10-12-14-33(37(52)50(35)24-31)46-40(54)59-42(3,4)5/h11,13,15-16,19,25-26,30-33,35H,6-10,12,14,17-18,20-24H2,1-5H3,(H,44,45)(H,46,54)(H,47,51)(H,48,53)/t30-,31-,33+,35+,43-/m1/s1. The molecule has 1 saturated heterocycles. The lowest BCUT2D eigenvalue weighted by molar-refractivity contribution is -0.141. The predicted octanol–water partition coefficient (Wildman–Crippen LogP) is 5.73. The van der Waals surface area contributed by atoms with Crippen LogP contribution in [0.4, 0.5) is 14.7 Å². The first-order chi connectivity index (χ1) is 28.9. The number of anilines is 1. The Labute approximate surface area is 362 Å². The second kappa shape index (κ2) is 17.9. The summed E-state index contributed by atoms with van der Waals surface area (Å²) in [5.74, 6) is -2.51. The van der Waals surface area contributed by atoms with Crippen LogP contribution in [-0.4, -0.2) is 100 Å². The number of allylic oxidation sites excluding steroid dienone is 1. The summed E-state index contributed by atoms with van der Waals surface area (Å²) in [6, 6.07) is 3.97. The van der Waals surface area contributed by atoms with Crippen molar-refractivity contribution in [2.24, 2.45) is 5.92 Å². The van der Waals surface area contributed by atoms with Crippen LogP contribution >= 0.6 is 11.3 Å². The van der Waals surface area contributed by atoms with Crippen LogP contribution in [0.2, 0.25) is 0 Å². The summed E-state index contributed by atoms with van der Waals surface area (Å²) in [4.78, 5) is 77.4. The first kappa shape index (κ1) is 44.3. The van der Waals surface area contributed by atoms with E-state index in [2.05, 4.69) is 34.5 Å². The zero-order valence-electron chi connectivity index (χ0n) is 35.7. The number of nitrogens with one attached hydrogen (secondary N) is 4. The lowest BCUT2D eigenvalue weighted by atomic mass is 10.0. The molecule has 5 aliphatic rings. The normalized spacial score (nSPS) is 26.1. The van der Waals surface area contributed by atoms with Gasteiger partial charge in [-0.05, 0) is 90.3 Å². The fraction of sp³-hybridized carbons (Fsp3) is 0.628. The van der Waals surface area contributed by atoms with E-state index in [0.717, 1.165) is 59.6 Å². The van der Waals surface area contributed by atoms with Gasteiger partial charge in [0.2, 0.25) is 21.8 Å². The molecule has 0 unspecified atom stereocenters. The first-order valence-electron chi connectivity index (χ1n) is 21.6. The van der Waals surface area contributed by atoms with Crippen molar-refractivity contribution in [3.63, 3.8) is 0 Å². The summed E-state index contributed by atoms with van der Waals surface area (Å²) < 4.78 is 39.6. The first-order valence-corrected chi connectivity index (χ1v) is 24.0. The minimum Gasteiger partial charge on any atom is -0.444 e. The van der Waals surface area contributed by atoms with E-state index in [4.69, 9.17) is 14.5 Å². The number of carbonyl (C=O) groups excluding carboxylic acids is 5. The number of amides is 5. The van der Waals surface area contributed by atoms with Crippen LogP contribution in [0.25, 0.3) is 11.3 Å². The van der Waals surface area contributed by atoms with Crippen molar-refractivity contribution < 1.29 is 41.9 Å². The van der Waals surface area contributed by atoms with Crippen LogP contribution in [0.1, 0.15) is 116 Å². The highest BCUT2D eigenvalue weighted by Gasteiger charge is 2.62. The summed E-state index contributed by atoms with van der Waals surface area (Å²) in [6.45, 7) is 9.72. The topological polar surface area (TPSA) is 205 Å². The molecule has 3 fully saturated rings. The average Bonchev–Trinajstić information content (AvgIpc) is 3.99. The Hall–Kier alpha value is -4.71. The number of fused-ring (bicyclic) bond motifs is 3. The number of rotatable bonds is 8. The second-order valence-electron chi connectivity index (χ2n) is 18.3. The molecule has 4 N–H and O–H groups in total. The Morgan fingerprint density at radius 1 is 1.02 bits per heavy atom. The molecule has 7 rings (SSSR count).